The van der Waals surface area contributed by atoms with E-state index in [9.17, 15) is 14.7 Å². The number of hydrogen-bond acceptors (Lipinski definition) is 5. The van der Waals surface area contributed by atoms with Crippen molar-refractivity contribution >= 4 is 12.0 Å². The van der Waals surface area contributed by atoms with E-state index in [1.807, 2.05) is 31.0 Å². The van der Waals surface area contributed by atoms with Crippen LogP contribution in [0.3, 0.4) is 0 Å². The Labute approximate surface area is 158 Å². The monoisotopic (exact) mass is 371 g/mol. The van der Waals surface area contributed by atoms with Crippen LogP contribution in [0, 0.1) is 0 Å². The highest BCUT2D eigenvalue weighted by Crippen LogP contribution is 2.27. The van der Waals surface area contributed by atoms with Crippen molar-refractivity contribution in [2.75, 3.05) is 18.5 Å². The largest absolute Gasteiger partial charge is 0.465 e. The first-order valence-electron chi connectivity index (χ1n) is 9.15. The Hall–Kier alpha value is -2.90. The number of likely N-dealkylation sites (tertiary alicyclic amines) is 1. The fraction of sp³-hybridized carbons (Fsp3) is 0.474. The molecule has 1 aliphatic rings. The molecule has 0 bridgehead atoms. The van der Waals surface area contributed by atoms with Crippen LogP contribution in [0.2, 0.25) is 0 Å². The number of nitrogens with zero attached hydrogens (tertiary/aromatic N) is 5. The number of amides is 1. The van der Waals surface area contributed by atoms with E-state index in [1.54, 1.807) is 19.4 Å². The lowest BCUT2D eigenvalue weighted by Gasteiger charge is -2.44. The normalized spacial score (nSPS) is 19.7. The number of likely N-dealkylation sites (N-methyl/N-ethyl adjacent to an activating group) is 1. The third-order valence-corrected chi connectivity index (χ3v) is 5.31. The van der Waals surface area contributed by atoms with Gasteiger partial charge in [0.05, 0.1) is 17.8 Å². The summed E-state index contributed by atoms with van der Waals surface area (Å²) in [6.07, 6.45) is 4.78. The summed E-state index contributed by atoms with van der Waals surface area (Å²) in [6.45, 7) is 2.54. The standard InChI is InChI=1S/C19H25N5O3/c1-4-15-16(6-5-11-24(15)19(26)27)22(2)18-21-14(12-17(25)23(18)3)13-7-9-20-10-8-13/h7-10,12,15-16H,4-6,11H2,1-3H3,(H,26,27)/t15?,16-/m1/s1. The molecule has 144 valence electrons. The molecule has 0 aliphatic carbocycles. The van der Waals surface area contributed by atoms with Crippen molar-refractivity contribution in [1.29, 1.82) is 0 Å². The SMILES string of the molecule is CCC1[C@H](N(C)c2nc(-c3ccncc3)cc(=O)n2C)CCCN1C(=O)O. The average Bonchev–Trinajstić information content (AvgIpc) is 2.69. The highest BCUT2D eigenvalue weighted by atomic mass is 16.4. The van der Waals surface area contributed by atoms with Gasteiger partial charge in [-0.2, -0.15) is 0 Å². The highest BCUT2D eigenvalue weighted by Gasteiger charge is 2.36. The zero-order chi connectivity index (χ0) is 19.6. The van der Waals surface area contributed by atoms with Gasteiger partial charge in [0.25, 0.3) is 5.56 Å². The minimum absolute atomic E-state index is 0.0364. The van der Waals surface area contributed by atoms with Crippen molar-refractivity contribution in [1.82, 2.24) is 19.4 Å². The van der Waals surface area contributed by atoms with Crippen molar-refractivity contribution < 1.29 is 9.90 Å². The van der Waals surface area contributed by atoms with Crippen LogP contribution in [0.5, 0.6) is 0 Å². The molecule has 27 heavy (non-hydrogen) atoms. The second kappa shape index (κ2) is 7.77. The van der Waals surface area contributed by atoms with E-state index in [-0.39, 0.29) is 17.6 Å². The number of hydrogen-bond donors (Lipinski definition) is 1. The third kappa shape index (κ3) is 3.65. The predicted molar refractivity (Wildman–Crippen MR) is 103 cm³/mol. The first-order valence-corrected chi connectivity index (χ1v) is 9.15. The third-order valence-electron chi connectivity index (χ3n) is 5.31. The van der Waals surface area contributed by atoms with E-state index < -0.39 is 6.09 Å². The predicted octanol–water partition coefficient (Wildman–Crippen LogP) is 2.20. The van der Waals surface area contributed by atoms with E-state index >= 15 is 0 Å². The van der Waals surface area contributed by atoms with Gasteiger partial charge in [0, 0.05) is 44.7 Å². The van der Waals surface area contributed by atoms with E-state index in [0.717, 1.165) is 18.4 Å². The Bertz CT molecular complexity index is 867. The summed E-state index contributed by atoms with van der Waals surface area (Å²) in [6, 6.07) is 4.96. The van der Waals surface area contributed by atoms with Crippen LogP contribution >= 0.6 is 0 Å². The van der Waals surface area contributed by atoms with Crippen molar-refractivity contribution in [2.45, 2.75) is 38.3 Å². The highest BCUT2D eigenvalue weighted by molar-refractivity contribution is 5.66. The lowest BCUT2D eigenvalue weighted by atomic mass is 9.93. The van der Waals surface area contributed by atoms with Gasteiger partial charge in [0.2, 0.25) is 5.95 Å². The Balaban J connectivity index is 2.01. The van der Waals surface area contributed by atoms with Crippen molar-refractivity contribution in [2.24, 2.45) is 7.05 Å². The van der Waals surface area contributed by atoms with Gasteiger partial charge in [-0.25, -0.2) is 9.78 Å². The van der Waals surface area contributed by atoms with E-state index in [2.05, 4.69) is 4.98 Å². The molecular weight excluding hydrogens is 346 g/mol. The molecule has 0 aromatic carbocycles. The summed E-state index contributed by atoms with van der Waals surface area (Å²) in [7, 11) is 3.58. The van der Waals surface area contributed by atoms with E-state index in [1.165, 1.54) is 15.5 Å². The molecule has 3 heterocycles. The van der Waals surface area contributed by atoms with Crippen molar-refractivity contribution in [3.8, 4) is 11.3 Å². The zero-order valence-electron chi connectivity index (χ0n) is 15.9. The molecule has 1 amide bonds. The van der Waals surface area contributed by atoms with Gasteiger partial charge in [-0.1, -0.05) is 6.92 Å². The Morgan fingerprint density at radius 1 is 1.37 bits per heavy atom. The van der Waals surface area contributed by atoms with Gasteiger partial charge >= 0.3 is 6.09 Å². The molecule has 2 aromatic heterocycles. The first-order chi connectivity index (χ1) is 12.9. The van der Waals surface area contributed by atoms with Gasteiger partial charge in [0.1, 0.15) is 0 Å². The number of carboxylic acid groups (broad SMARTS) is 1. The molecule has 1 fully saturated rings. The number of aromatic nitrogens is 3. The second-order valence-corrected chi connectivity index (χ2v) is 6.85. The van der Waals surface area contributed by atoms with Crippen LogP contribution in [0.4, 0.5) is 10.7 Å². The van der Waals surface area contributed by atoms with Gasteiger partial charge in [0.15, 0.2) is 0 Å². The summed E-state index contributed by atoms with van der Waals surface area (Å²) in [5.41, 5.74) is 1.25. The molecule has 8 nitrogen and oxygen atoms in total. The summed E-state index contributed by atoms with van der Waals surface area (Å²) in [4.78, 5) is 36.3. The van der Waals surface area contributed by atoms with E-state index in [4.69, 9.17) is 4.98 Å². The van der Waals surface area contributed by atoms with Crippen LogP contribution in [0.1, 0.15) is 26.2 Å². The minimum atomic E-state index is -0.896. The van der Waals surface area contributed by atoms with Crippen LogP contribution in [-0.4, -0.2) is 56.3 Å². The molecule has 0 saturated carbocycles. The lowest BCUT2D eigenvalue weighted by Crippen LogP contribution is -2.56. The number of piperidine rings is 1. The molecule has 8 heteroatoms. The quantitative estimate of drug-likeness (QED) is 0.886. The first kappa shape index (κ1) is 18.9. The number of carbonyl (C=O) groups is 1. The fourth-order valence-corrected chi connectivity index (χ4v) is 3.88. The molecule has 1 unspecified atom stereocenters. The maximum absolute atomic E-state index is 12.5. The molecule has 0 spiro atoms. The molecule has 3 rings (SSSR count). The number of rotatable bonds is 4. The molecule has 1 N–H and O–H groups in total. The van der Waals surface area contributed by atoms with Gasteiger partial charge in [-0.05, 0) is 31.4 Å². The molecule has 0 radical (unpaired) electrons. The lowest BCUT2D eigenvalue weighted by molar-refractivity contribution is 0.0945. The maximum Gasteiger partial charge on any atom is 0.407 e. The molecule has 2 aromatic rings. The summed E-state index contributed by atoms with van der Waals surface area (Å²) in [5, 5.41) is 9.53. The topological polar surface area (TPSA) is 91.6 Å². The van der Waals surface area contributed by atoms with Gasteiger partial charge in [-0.3, -0.25) is 14.3 Å². The maximum atomic E-state index is 12.5. The van der Waals surface area contributed by atoms with Crippen LogP contribution in [0.25, 0.3) is 11.3 Å². The van der Waals surface area contributed by atoms with E-state index in [0.29, 0.717) is 24.6 Å². The molecule has 1 aliphatic heterocycles. The Morgan fingerprint density at radius 3 is 2.70 bits per heavy atom. The number of anilines is 1. The smallest absolute Gasteiger partial charge is 0.407 e. The average molecular weight is 371 g/mol. The van der Waals surface area contributed by atoms with Crippen LogP contribution in [0.15, 0.2) is 35.4 Å². The molecule has 2 atom stereocenters. The van der Waals surface area contributed by atoms with Crippen LogP contribution in [-0.2, 0) is 7.05 Å². The van der Waals surface area contributed by atoms with Gasteiger partial charge in [-0.15, -0.1) is 0 Å². The second-order valence-electron chi connectivity index (χ2n) is 6.85. The Morgan fingerprint density at radius 2 is 2.07 bits per heavy atom. The van der Waals surface area contributed by atoms with Crippen molar-refractivity contribution in [3.63, 3.8) is 0 Å². The molecule has 1 saturated heterocycles. The summed E-state index contributed by atoms with van der Waals surface area (Å²) >= 11 is 0. The zero-order valence-corrected chi connectivity index (χ0v) is 15.9. The fourth-order valence-electron chi connectivity index (χ4n) is 3.88. The Kier molecular flexibility index (Phi) is 5.43. The summed E-state index contributed by atoms with van der Waals surface area (Å²) < 4.78 is 1.51. The summed E-state index contributed by atoms with van der Waals surface area (Å²) in [5.74, 6) is 0.532. The minimum Gasteiger partial charge on any atom is -0.465 e. The van der Waals surface area contributed by atoms with Crippen LogP contribution < -0.4 is 10.5 Å². The van der Waals surface area contributed by atoms with Gasteiger partial charge < -0.3 is 14.9 Å². The number of pyridine rings is 1. The molecular formula is C19H25N5O3. The van der Waals surface area contributed by atoms with Crippen molar-refractivity contribution in [3.05, 3.63) is 40.9 Å².